The highest BCUT2D eigenvalue weighted by atomic mass is 127. The van der Waals surface area contributed by atoms with Crippen LogP contribution in [0.2, 0.25) is 0 Å². The summed E-state index contributed by atoms with van der Waals surface area (Å²) < 4.78 is 13.6. The summed E-state index contributed by atoms with van der Waals surface area (Å²) in [6.07, 6.45) is 1.49. The normalized spacial score (nSPS) is 10.3. The Balaban J connectivity index is 2.28. The molecule has 3 N–H and O–H groups in total. The zero-order chi connectivity index (χ0) is 14.0. The first kappa shape index (κ1) is 13.7. The number of pyridine rings is 1. The highest BCUT2D eigenvalue weighted by Crippen LogP contribution is 2.20. The number of carbonyl (C=O) groups excluding carboxylic acids is 1. The molecular weight excluding hydrogens is 360 g/mol. The second-order valence-corrected chi connectivity index (χ2v) is 5.14. The predicted octanol–water partition coefficient (Wildman–Crippen LogP) is 2.97. The van der Waals surface area contributed by atoms with Crippen molar-refractivity contribution in [3.63, 3.8) is 0 Å². The number of nitrogen functional groups attached to an aromatic ring is 1. The number of nitrogens with zero attached hydrogens (tertiary/aromatic N) is 1. The van der Waals surface area contributed by atoms with Crippen molar-refractivity contribution in [2.75, 3.05) is 11.1 Å². The second kappa shape index (κ2) is 5.52. The lowest BCUT2D eigenvalue weighted by molar-refractivity contribution is 0.102. The SMILES string of the molecule is Cc1ncc(N)cc1C(=O)Nc1ccc(F)cc1I. The van der Waals surface area contributed by atoms with E-state index in [1.165, 1.54) is 24.4 Å². The van der Waals surface area contributed by atoms with Gasteiger partial charge in [-0.2, -0.15) is 0 Å². The lowest BCUT2D eigenvalue weighted by atomic mass is 10.1. The molecule has 0 radical (unpaired) electrons. The van der Waals surface area contributed by atoms with Gasteiger partial charge in [-0.1, -0.05) is 0 Å². The maximum atomic E-state index is 13.0. The van der Waals surface area contributed by atoms with Crippen molar-refractivity contribution < 1.29 is 9.18 Å². The predicted molar refractivity (Wildman–Crippen MR) is 80.5 cm³/mol. The highest BCUT2D eigenvalue weighted by Gasteiger charge is 2.12. The number of benzene rings is 1. The number of hydrogen-bond acceptors (Lipinski definition) is 3. The number of carbonyl (C=O) groups is 1. The van der Waals surface area contributed by atoms with Crippen LogP contribution in [0.3, 0.4) is 0 Å². The fourth-order valence-corrected chi connectivity index (χ4v) is 2.17. The maximum absolute atomic E-state index is 13.0. The van der Waals surface area contributed by atoms with Crippen molar-refractivity contribution in [3.8, 4) is 0 Å². The standard InChI is InChI=1S/C13H11FIN3O/c1-7-10(5-9(16)6-17-7)13(19)18-12-3-2-8(14)4-11(12)15/h2-6H,16H2,1H3,(H,18,19). The van der Waals surface area contributed by atoms with E-state index in [1.807, 2.05) is 22.6 Å². The molecule has 19 heavy (non-hydrogen) atoms. The quantitative estimate of drug-likeness (QED) is 0.798. The average Bonchev–Trinajstić information content (AvgIpc) is 2.35. The molecule has 0 spiro atoms. The monoisotopic (exact) mass is 371 g/mol. The van der Waals surface area contributed by atoms with Crippen LogP contribution in [0, 0.1) is 16.3 Å². The Bertz CT molecular complexity index is 646. The van der Waals surface area contributed by atoms with E-state index in [2.05, 4.69) is 10.3 Å². The summed E-state index contributed by atoms with van der Waals surface area (Å²) in [6, 6.07) is 5.72. The molecule has 1 heterocycles. The van der Waals surface area contributed by atoms with Gasteiger partial charge in [0.15, 0.2) is 0 Å². The Morgan fingerprint density at radius 2 is 2.16 bits per heavy atom. The number of aromatic nitrogens is 1. The summed E-state index contributed by atoms with van der Waals surface area (Å²) in [5.74, 6) is -0.661. The van der Waals surface area contributed by atoms with Crippen LogP contribution in [-0.2, 0) is 0 Å². The van der Waals surface area contributed by atoms with Crippen LogP contribution in [0.4, 0.5) is 15.8 Å². The summed E-state index contributed by atoms with van der Waals surface area (Å²) in [7, 11) is 0. The van der Waals surface area contributed by atoms with Gasteiger partial charge in [0.25, 0.3) is 5.91 Å². The largest absolute Gasteiger partial charge is 0.397 e. The van der Waals surface area contributed by atoms with Gasteiger partial charge in [-0.05, 0) is 53.8 Å². The molecule has 0 saturated heterocycles. The zero-order valence-electron chi connectivity index (χ0n) is 10.1. The third-order valence-electron chi connectivity index (χ3n) is 2.53. The van der Waals surface area contributed by atoms with Crippen molar-refractivity contribution in [1.82, 2.24) is 4.98 Å². The maximum Gasteiger partial charge on any atom is 0.257 e. The van der Waals surface area contributed by atoms with Crippen LogP contribution in [0.15, 0.2) is 30.5 Å². The highest BCUT2D eigenvalue weighted by molar-refractivity contribution is 14.1. The summed E-state index contributed by atoms with van der Waals surface area (Å²) in [4.78, 5) is 16.2. The number of amides is 1. The molecule has 0 atom stereocenters. The fourth-order valence-electron chi connectivity index (χ4n) is 1.56. The summed E-state index contributed by atoms with van der Waals surface area (Å²) in [5.41, 5.74) is 7.58. The van der Waals surface area contributed by atoms with Crippen LogP contribution in [-0.4, -0.2) is 10.9 Å². The fraction of sp³-hybridized carbons (Fsp3) is 0.0769. The minimum absolute atomic E-state index is 0.318. The van der Waals surface area contributed by atoms with Gasteiger partial charge in [0.05, 0.1) is 28.8 Å². The smallest absolute Gasteiger partial charge is 0.257 e. The molecule has 0 saturated carbocycles. The van der Waals surface area contributed by atoms with E-state index in [-0.39, 0.29) is 11.7 Å². The Kier molecular flexibility index (Phi) is 3.98. The third kappa shape index (κ3) is 3.19. The number of anilines is 2. The minimum atomic E-state index is -0.343. The van der Waals surface area contributed by atoms with E-state index in [1.54, 1.807) is 13.0 Å². The first-order valence-corrected chi connectivity index (χ1v) is 6.54. The van der Waals surface area contributed by atoms with E-state index < -0.39 is 0 Å². The molecule has 0 aliphatic carbocycles. The summed E-state index contributed by atoms with van der Waals surface area (Å²) in [6.45, 7) is 1.73. The molecule has 2 aromatic rings. The molecule has 0 unspecified atom stereocenters. The van der Waals surface area contributed by atoms with Gasteiger partial charge >= 0.3 is 0 Å². The van der Waals surface area contributed by atoms with Crippen LogP contribution >= 0.6 is 22.6 Å². The van der Waals surface area contributed by atoms with Crippen LogP contribution in [0.5, 0.6) is 0 Å². The van der Waals surface area contributed by atoms with Crippen molar-refractivity contribution in [3.05, 3.63) is 51.1 Å². The molecule has 98 valence electrons. The molecule has 0 aliphatic rings. The molecular formula is C13H11FIN3O. The molecule has 4 nitrogen and oxygen atoms in total. The topological polar surface area (TPSA) is 68.0 Å². The van der Waals surface area contributed by atoms with Crippen molar-refractivity contribution in [2.24, 2.45) is 0 Å². The number of nitrogens with one attached hydrogen (secondary N) is 1. The molecule has 2 rings (SSSR count). The van der Waals surface area contributed by atoms with E-state index in [0.29, 0.717) is 26.2 Å². The van der Waals surface area contributed by atoms with Crippen molar-refractivity contribution >= 4 is 39.9 Å². The van der Waals surface area contributed by atoms with Gasteiger partial charge in [0.2, 0.25) is 0 Å². The number of rotatable bonds is 2. The molecule has 6 heteroatoms. The number of aryl methyl sites for hydroxylation is 1. The van der Waals surface area contributed by atoms with Crippen molar-refractivity contribution in [2.45, 2.75) is 6.92 Å². The second-order valence-electron chi connectivity index (χ2n) is 3.98. The Hall–Kier alpha value is -1.70. The number of hydrogen-bond donors (Lipinski definition) is 2. The molecule has 0 bridgehead atoms. The molecule has 1 aromatic carbocycles. The van der Waals surface area contributed by atoms with Gasteiger partial charge in [0.1, 0.15) is 5.82 Å². The summed E-state index contributed by atoms with van der Waals surface area (Å²) in [5, 5.41) is 2.71. The molecule has 1 aromatic heterocycles. The Morgan fingerprint density at radius 1 is 1.42 bits per heavy atom. The third-order valence-corrected chi connectivity index (χ3v) is 3.42. The Labute approximate surface area is 123 Å². The molecule has 1 amide bonds. The lowest BCUT2D eigenvalue weighted by Gasteiger charge is -2.09. The number of halogens is 2. The Morgan fingerprint density at radius 3 is 2.84 bits per heavy atom. The van der Waals surface area contributed by atoms with Crippen LogP contribution < -0.4 is 11.1 Å². The van der Waals surface area contributed by atoms with Gasteiger partial charge < -0.3 is 11.1 Å². The van der Waals surface area contributed by atoms with Gasteiger partial charge in [-0.25, -0.2) is 4.39 Å². The van der Waals surface area contributed by atoms with Crippen molar-refractivity contribution in [1.29, 1.82) is 0 Å². The van der Waals surface area contributed by atoms with E-state index in [0.717, 1.165) is 0 Å². The van der Waals surface area contributed by atoms with Gasteiger partial charge in [-0.3, -0.25) is 9.78 Å². The van der Waals surface area contributed by atoms with Crippen LogP contribution in [0.1, 0.15) is 16.1 Å². The van der Waals surface area contributed by atoms with Gasteiger partial charge in [-0.15, -0.1) is 0 Å². The number of nitrogens with two attached hydrogens (primary N) is 1. The summed E-state index contributed by atoms with van der Waals surface area (Å²) >= 11 is 1.96. The van der Waals surface area contributed by atoms with Crippen LogP contribution in [0.25, 0.3) is 0 Å². The van der Waals surface area contributed by atoms with Gasteiger partial charge in [0, 0.05) is 3.57 Å². The van der Waals surface area contributed by atoms with E-state index in [9.17, 15) is 9.18 Å². The van der Waals surface area contributed by atoms with E-state index in [4.69, 9.17) is 5.73 Å². The average molecular weight is 371 g/mol. The first-order valence-electron chi connectivity index (χ1n) is 5.46. The molecule has 0 fully saturated rings. The zero-order valence-corrected chi connectivity index (χ0v) is 12.2. The molecule has 0 aliphatic heterocycles. The minimum Gasteiger partial charge on any atom is -0.397 e. The van der Waals surface area contributed by atoms with E-state index >= 15 is 0 Å². The first-order chi connectivity index (χ1) is 8.97. The lowest BCUT2D eigenvalue weighted by Crippen LogP contribution is -2.15.